The zero-order valence-corrected chi connectivity index (χ0v) is 11.2. The van der Waals surface area contributed by atoms with Gasteiger partial charge in [0.15, 0.2) is 0 Å². The van der Waals surface area contributed by atoms with Crippen LogP contribution in [0.1, 0.15) is 39.5 Å². The molecule has 1 fully saturated rings. The van der Waals surface area contributed by atoms with Crippen molar-refractivity contribution in [2.75, 3.05) is 19.7 Å². The van der Waals surface area contributed by atoms with E-state index >= 15 is 0 Å². The molecule has 0 saturated carbocycles. The van der Waals surface area contributed by atoms with Gasteiger partial charge in [-0.15, -0.1) is 0 Å². The molecular formula is C13H23NO4. The third kappa shape index (κ3) is 4.64. The number of carbonyl (C=O) groups is 2. The van der Waals surface area contributed by atoms with Gasteiger partial charge in [0, 0.05) is 19.5 Å². The Labute approximate surface area is 108 Å². The zero-order chi connectivity index (χ0) is 13.5. The monoisotopic (exact) mass is 257 g/mol. The number of likely N-dealkylation sites (tertiary alicyclic amines) is 1. The van der Waals surface area contributed by atoms with Crippen LogP contribution < -0.4 is 0 Å². The Morgan fingerprint density at radius 1 is 1.50 bits per heavy atom. The Bertz CT molecular complexity index is 291. The first-order valence-corrected chi connectivity index (χ1v) is 6.67. The first kappa shape index (κ1) is 15.0. The van der Waals surface area contributed by atoms with Crippen LogP contribution >= 0.6 is 0 Å². The number of carbonyl (C=O) groups excluding carboxylic acids is 2. The molecule has 1 amide bonds. The lowest BCUT2D eigenvalue weighted by molar-refractivity contribution is -0.151. The Kier molecular flexibility index (Phi) is 6.12. The maximum absolute atomic E-state index is 11.9. The van der Waals surface area contributed by atoms with Gasteiger partial charge >= 0.3 is 5.97 Å². The normalized spacial score (nSPS) is 21.5. The summed E-state index contributed by atoms with van der Waals surface area (Å²) < 4.78 is 4.99. The second-order valence-electron chi connectivity index (χ2n) is 4.82. The fourth-order valence-electron chi connectivity index (χ4n) is 2.15. The average molecular weight is 257 g/mol. The number of piperidine rings is 1. The number of hydrogen-bond acceptors (Lipinski definition) is 4. The van der Waals surface area contributed by atoms with E-state index in [1.54, 1.807) is 18.7 Å². The SMILES string of the molecule is CCOC(=O)C1CCCN(C(=O)CCC(C)O)C1. The van der Waals surface area contributed by atoms with Gasteiger partial charge < -0.3 is 14.7 Å². The highest BCUT2D eigenvalue weighted by atomic mass is 16.5. The summed E-state index contributed by atoms with van der Waals surface area (Å²) in [6.07, 6.45) is 1.98. The van der Waals surface area contributed by atoms with E-state index < -0.39 is 6.10 Å². The Hall–Kier alpha value is -1.10. The molecule has 0 aliphatic carbocycles. The van der Waals surface area contributed by atoms with Crippen molar-refractivity contribution in [3.05, 3.63) is 0 Å². The van der Waals surface area contributed by atoms with Gasteiger partial charge in [0.2, 0.25) is 5.91 Å². The number of amides is 1. The van der Waals surface area contributed by atoms with Crippen LogP contribution in [0.4, 0.5) is 0 Å². The molecule has 0 aromatic heterocycles. The Morgan fingerprint density at radius 3 is 2.83 bits per heavy atom. The predicted molar refractivity (Wildman–Crippen MR) is 66.9 cm³/mol. The molecule has 1 heterocycles. The number of ether oxygens (including phenoxy) is 1. The van der Waals surface area contributed by atoms with Crippen LogP contribution in [0.25, 0.3) is 0 Å². The second-order valence-corrected chi connectivity index (χ2v) is 4.82. The number of nitrogens with zero attached hydrogens (tertiary/aromatic N) is 1. The topological polar surface area (TPSA) is 66.8 Å². The van der Waals surface area contributed by atoms with Crippen molar-refractivity contribution >= 4 is 11.9 Å². The third-order valence-corrected chi connectivity index (χ3v) is 3.17. The van der Waals surface area contributed by atoms with Gasteiger partial charge in [0.25, 0.3) is 0 Å². The fraction of sp³-hybridized carbons (Fsp3) is 0.846. The van der Waals surface area contributed by atoms with Crippen LogP contribution in [0.5, 0.6) is 0 Å². The summed E-state index contributed by atoms with van der Waals surface area (Å²) in [5.41, 5.74) is 0. The Balaban J connectivity index is 2.42. The largest absolute Gasteiger partial charge is 0.466 e. The molecule has 1 aliphatic heterocycles. The van der Waals surface area contributed by atoms with Crippen molar-refractivity contribution in [3.8, 4) is 0 Å². The minimum atomic E-state index is -0.459. The van der Waals surface area contributed by atoms with Gasteiger partial charge in [-0.3, -0.25) is 9.59 Å². The molecule has 0 aromatic carbocycles. The maximum atomic E-state index is 11.9. The number of esters is 1. The predicted octanol–water partition coefficient (Wildman–Crippen LogP) is 0.949. The fourth-order valence-corrected chi connectivity index (χ4v) is 2.15. The van der Waals surface area contributed by atoms with Gasteiger partial charge in [-0.2, -0.15) is 0 Å². The van der Waals surface area contributed by atoms with E-state index in [2.05, 4.69) is 0 Å². The second kappa shape index (κ2) is 7.36. The van der Waals surface area contributed by atoms with Crippen LogP contribution in [0.15, 0.2) is 0 Å². The van der Waals surface area contributed by atoms with Crippen molar-refractivity contribution in [2.24, 2.45) is 5.92 Å². The minimum Gasteiger partial charge on any atom is -0.466 e. The van der Waals surface area contributed by atoms with Crippen molar-refractivity contribution in [1.29, 1.82) is 0 Å². The summed E-state index contributed by atoms with van der Waals surface area (Å²) >= 11 is 0. The van der Waals surface area contributed by atoms with Gasteiger partial charge in [-0.05, 0) is 33.1 Å². The summed E-state index contributed by atoms with van der Waals surface area (Å²) in [6, 6.07) is 0. The van der Waals surface area contributed by atoms with Crippen LogP contribution in [0.2, 0.25) is 0 Å². The molecule has 0 bridgehead atoms. The highest BCUT2D eigenvalue weighted by molar-refractivity contribution is 5.78. The summed E-state index contributed by atoms with van der Waals surface area (Å²) in [5.74, 6) is -0.371. The number of hydrogen-bond donors (Lipinski definition) is 1. The lowest BCUT2D eigenvalue weighted by Gasteiger charge is -2.31. The van der Waals surface area contributed by atoms with Crippen molar-refractivity contribution in [3.63, 3.8) is 0 Å². The average Bonchev–Trinajstić information content (AvgIpc) is 2.36. The molecule has 5 nitrogen and oxygen atoms in total. The van der Waals surface area contributed by atoms with Crippen molar-refractivity contribution < 1.29 is 19.4 Å². The Morgan fingerprint density at radius 2 is 2.22 bits per heavy atom. The quantitative estimate of drug-likeness (QED) is 0.745. The van der Waals surface area contributed by atoms with Gasteiger partial charge in [0.05, 0.1) is 18.6 Å². The van der Waals surface area contributed by atoms with E-state index in [4.69, 9.17) is 9.84 Å². The first-order chi connectivity index (χ1) is 8.54. The summed E-state index contributed by atoms with van der Waals surface area (Å²) in [7, 11) is 0. The molecule has 0 radical (unpaired) electrons. The van der Waals surface area contributed by atoms with E-state index in [1.807, 2.05) is 0 Å². The molecule has 104 valence electrons. The minimum absolute atomic E-state index is 0.0184. The summed E-state index contributed by atoms with van der Waals surface area (Å²) in [5, 5.41) is 9.16. The lowest BCUT2D eigenvalue weighted by Crippen LogP contribution is -2.42. The first-order valence-electron chi connectivity index (χ1n) is 6.67. The maximum Gasteiger partial charge on any atom is 0.310 e. The molecule has 0 spiro atoms. The van der Waals surface area contributed by atoms with Crippen molar-refractivity contribution in [2.45, 2.75) is 45.6 Å². The molecule has 2 atom stereocenters. The summed E-state index contributed by atoms with van der Waals surface area (Å²) in [4.78, 5) is 25.2. The van der Waals surface area contributed by atoms with Gasteiger partial charge in [-0.25, -0.2) is 0 Å². The number of aliphatic hydroxyl groups is 1. The highest BCUT2D eigenvalue weighted by Gasteiger charge is 2.29. The molecule has 1 rings (SSSR count). The molecular weight excluding hydrogens is 234 g/mol. The number of rotatable bonds is 5. The van der Waals surface area contributed by atoms with E-state index in [0.717, 1.165) is 12.8 Å². The molecule has 18 heavy (non-hydrogen) atoms. The van der Waals surface area contributed by atoms with Crippen LogP contribution in [0.3, 0.4) is 0 Å². The molecule has 0 aromatic rings. The van der Waals surface area contributed by atoms with E-state index in [1.165, 1.54) is 0 Å². The molecule has 5 heteroatoms. The third-order valence-electron chi connectivity index (χ3n) is 3.17. The summed E-state index contributed by atoms with van der Waals surface area (Å²) in [6.45, 7) is 4.99. The molecule has 2 unspecified atom stereocenters. The van der Waals surface area contributed by atoms with E-state index in [-0.39, 0.29) is 17.8 Å². The van der Waals surface area contributed by atoms with Crippen molar-refractivity contribution in [1.82, 2.24) is 4.90 Å². The van der Waals surface area contributed by atoms with Crippen LogP contribution in [-0.4, -0.2) is 47.7 Å². The van der Waals surface area contributed by atoms with E-state index in [9.17, 15) is 9.59 Å². The smallest absolute Gasteiger partial charge is 0.310 e. The van der Waals surface area contributed by atoms with Crippen LogP contribution in [-0.2, 0) is 14.3 Å². The standard InChI is InChI=1S/C13H23NO4/c1-3-18-13(17)11-5-4-8-14(9-11)12(16)7-6-10(2)15/h10-11,15H,3-9H2,1-2H3. The van der Waals surface area contributed by atoms with Crippen LogP contribution in [0, 0.1) is 5.92 Å². The zero-order valence-electron chi connectivity index (χ0n) is 11.2. The molecule has 1 saturated heterocycles. The molecule has 1 N–H and O–H groups in total. The highest BCUT2D eigenvalue weighted by Crippen LogP contribution is 2.19. The van der Waals surface area contributed by atoms with E-state index in [0.29, 0.717) is 32.5 Å². The van der Waals surface area contributed by atoms with Gasteiger partial charge in [0.1, 0.15) is 0 Å². The molecule has 1 aliphatic rings. The lowest BCUT2D eigenvalue weighted by atomic mass is 9.97. The van der Waals surface area contributed by atoms with Gasteiger partial charge in [-0.1, -0.05) is 0 Å². The number of aliphatic hydroxyl groups excluding tert-OH is 1.